The predicted octanol–water partition coefficient (Wildman–Crippen LogP) is 5.01. The first-order valence-corrected chi connectivity index (χ1v) is 11.4. The van der Waals surface area contributed by atoms with Crippen LogP contribution in [0.5, 0.6) is 0 Å². The van der Waals surface area contributed by atoms with E-state index in [0.29, 0.717) is 56.8 Å². The number of fused-ring (bicyclic) bond motifs is 1. The highest BCUT2D eigenvalue weighted by molar-refractivity contribution is 6.07. The maximum atomic E-state index is 13.6. The number of halogens is 2. The first kappa shape index (κ1) is 23.4. The Bertz CT molecular complexity index is 1130. The first-order chi connectivity index (χ1) is 15.9. The summed E-state index contributed by atoms with van der Waals surface area (Å²) in [5.41, 5.74) is 10.2. The molecule has 2 heterocycles. The number of nitrogens with two attached hydrogens (primary N) is 1. The third kappa shape index (κ3) is 4.66. The molecule has 2 N–H and O–H groups in total. The van der Waals surface area contributed by atoms with Crippen molar-refractivity contribution in [2.45, 2.75) is 45.2 Å². The van der Waals surface area contributed by atoms with Crippen LogP contribution >= 0.6 is 0 Å². The summed E-state index contributed by atoms with van der Waals surface area (Å²) < 4.78 is 34.5. The summed E-state index contributed by atoms with van der Waals surface area (Å²) in [5.74, 6) is -0.0140. The molecule has 7 heteroatoms. The number of hydrogen-bond donors (Lipinski definition) is 1. The fourth-order valence-corrected chi connectivity index (χ4v) is 4.95. The number of carbonyl (C=O) groups is 1. The van der Waals surface area contributed by atoms with Crippen LogP contribution < -0.4 is 5.73 Å². The van der Waals surface area contributed by atoms with Crippen LogP contribution in [0.1, 0.15) is 57.8 Å². The average Bonchev–Trinajstić information content (AvgIpc) is 3.21. The van der Waals surface area contributed by atoms with E-state index in [1.54, 1.807) is 13.2 Å². The molecule has 176 valence electrons. The SMILES string of the molecule is COCCn1cc(C(=O)N2CCC(c3cc(CN)ccc3C(F)F)CC2)c2cccc(C)c21. The number of aryl methyl sites for hydroxylation is 1. The van der Waals surface area contributed by atoms with Crippen molar-refractivity contribution in [1.29, 1.82) is 0 Å². The Balaban J connectivity index is 1.55. The van der Waals surface area contributed by atoms with Gasteiger partial charge in [-0.25, -0.2) is 8.78 Å². The van der Waals surface area contributed by atoms with Gasteiger partial charge in [0.1, 0.15) is 0 Å². The van der Waals surface area contributed by atoms with Crippen LogP contribution in [0.3, 0.4) is 0 Å². The van der Waals surface area contributed by atoms with Crippen molar-refractivity contribution in [3.8, 4) is 0 Å². The van der Waals surface area contributed by atoms with E-state index in [2.05, 4.69) is 4.57 Å². The van der Waals surface area contributed by atoms with E-state index >= 15 is 0 Å². The highest BCUT2D eigenvalue weighted by Gasteiger charge is 2.29. The Morgan fingerprint density at radius 3 is 2.64 bits per heavy atom. The lowest BCUT2D eigenvalue weighted by atomic mass is 9.85. The first-order valence-electron chi connectivity index (χ1n) is 11.4. The van der Waals surface area contributed by atoms with Crippen LogP contribution in [0, 0.1) is 6.92 Å². The van der Waals surface area contributed by atoms with Gasteiger partial charge in [-0.1, -0.05) is 36.4 Å². The number of aromatic nitrogens is 1. The van der Waals surface area contributed by atoms with Crippen molar-refractivity contribution in [3.05, 3.63) is 70.4 Å². The number of para-hydroxylation sites is 1. The molecule has 1 amide bonds. The molecule has 33 heavy (non-hydrogen) atoms. The fourth-order valence-electron chi connectivity index (χ4n) is 4.95. The summed E-state index contributed by atoms with van der Waals surface area (Å²) in [5, 5.41) is 0.939. The minimum Gasteiger partial charge on any atom is -0.383 e. The second-order valence-electron chi connectivity index (χ2n) is 8.73. The highest BCUT2D eigenvalue weighted by Crippen LogP contribution is 2.36. The topological polar surface area (TPSA) is 60.5 Å². The van der Waals surface area contributed by atoms with Crippen molar-refractivity contribution < 1.29 is 18.3 Å². The zero-order valence-electron chi connectivity index (χ0n) is 19.2. The van der Waals surface area contributed by atoms with Crippen molar-refractivity contribution in [2.75, 3.05) is 26.8 Å². The van der Waals surface area contributed by atoms with Gasteiger partial charge in [0, 0.05) is 50.4 Å². The second kappa shape index (κ2) is 10.0. The molecule has 0 spiro atoms. The third-order valence-electron chi connectivity index (χ3n) is 6.71. The summed E-state index contributed by atoms with van der Waals surface area (Å²) >= 11 is 0. The van der Waals surface area contributed by atoms with Gasteiger partial charge in [-0.15, -0.1) is 0 Å². The van der Waals surface area contributed by atoms with Crippen LogP contribution in [0.2, 0.25) is 0 Å². The normalized spacial score (nSPS) is 15.0. The number of amides is 1. The lowest BCUT2D eigenvalue weighted by Crippen LogP contribution is -2.38. The molecule has 0 radical (unpaired) electrons. The molecule has 1 fully saturated rings. The Morgan fingerprint density at radius 1 is 1.21 bits per heavy atom. The Kier molecular flexibility index (Phi) is 7.10. The quantitative estimate of drug-likeness (QED) is 0.545. The maximum Gasteiger partial charge on any atom is 0.264 e. The number of piperidine rings is 1. The third-order valence-corrected chi connectivity index (χ3v) is 6.71. The van der Waals surface area contributed by atoms with Gasteiger partial charge in [-0.3, -0.25) is 4.79 Å². The van der Waals surface area contributed by atoms with Gasteiger partial charge in [-0.05, 0) is 42.4 Å². The van der Waals surface area contributed by atoms with E-state index in [4.69, 9.17) is 10.5 Å². The maximum absolute atomic E-state index is 13.6. The molecular weight excluding hydrogens is 424 g/mol. The fraction of sp³-hybridized carbons (Fsp3) is 0.423. The molecule has 1 aliphatic rings. The molecule has 1 saturated heterocycles. The molecule has 0 unspecified atom stereocenters. The average molecular weight is 456 g/mol. The number of hydrogen-bond acceptors (Lipinski definition) is 3. The molecule has 0 saturated carbocycles. The lowest BCUT2D eigenvalue weighted by Gasteiger charge is -2.33. The summed E-state index contributed by atoms with van der Waals surface area (Å²) in [4.78, 5) is 15.3. The van der Waals surface area contributed by atoms with Gasteiger partial charge in [0.25, 0.3) is 12.3 Å². The number of benzene rings is 2. The number of nitrogens with zero attached hydrogens (tertiary/aromatic N) is 2. The molecule has 3 aromatic rings. The van der Waals surface area contributed by atoms with Gasteiger partial charge in [0.15, 0.2) is 0 Å². The monoisotopic (exact) mass is 455 g/mol. The Labute approximate surface area is 193 Å². The molecule has 1 aliphatic heterocycles. The van der Waals surface area contributed by atoms with Crippen molar-refractivity contribution in [3.63, 3.8) is 0 Å². The molecule has 1 aromatic heterocycles. The van der Waals surface area contributed by atoms with E-state index in [1.807, 2.05) is 42.3 Å². The number of rotatable bonds is 7. The van der Waals surface area contributed by atoms with Crippen molar-refractivity contribution in [2.24, 2.45) is 5.73 Å². The highest BCUT2D eigenvalue weighted by atomic mass is 19.3. The molecule has 5 nitrogen and oxygen atoms in total. The minimum absolute atomic E-state index is 0.00478. The molecule has 0 bridgehead atoms. The number of carbonyl (C=O) groups excluding carboxylic acids is 1. The van der Waals surface area contributed by atoms with Gasteiger partial charge in [0.2, 0.25) is 0 Å². The summed E-state index contributed by atoms with van der Waals surface area (Å²) in [6, 6.07) is 11.0. The van der Waals surface area contributed by atoms with Crippen LogP contribution in [-0.2, 0) is 17.8 Å². The smallest absolute Gasteiger partial charge is 0.264 e. The number of methoxy groups -OCH3 is 1. The largest absolute Gasteiger partial charge is 0.383 e. The van der Waals surface area contributed by atoms with Crippen LogP contribution in [-0.4, -0.2) is 42.2 Å². The minimum atomic E-state index is -2.52. The van der Waals surface area contributed by atoms with Crippen LogP contribution in [0.25, 0.3) is 10.9 Å². The molecule has 0 atom stereocenters. The summed E-state index contributed by atoms with van der Waals surface area (Å²) in [7, 11) is 1.66. The lowest BCUT2D eigenvalue weighted by molar-refractivity contribution is 0.0712. The van der Waals surface area contributed by atoms with Crippen molar-refractivity contribution in [1.82, 2.24) is 9.47 Å². The number of likely N-dealkylation sites (tertiary alicyclic amines) is 1. The zero-order chi connectivity index (χ0) is 23.5. The number of alkyl halides is 2. The van der Waals surface area contributed by atoms with Crippen LogP contribution in [0.4, 0.5) is 8.78 Å². The summed E-state index contributed by atoms with van der Waals surface area (Å²) in [6.07, 6.45) is 0.708. The van der Waals surface area contributed by atoms with E-state index in [1.165, 1.54) is 6.07 Å². The van der Waals surface area contributed by atoms with Gasteiger partial charge in [0.05, 0.1) is 17.7 Å². The van der Waals surface area contributed by atoms with E-state index < -0.39 is 6.43 Å². The van der Waals surface area contributed by atoms with Gasteiger partial charge < -0.3 is 19.9 Å². The molecule has 0 aliphatic carbocycles. The van der Waals surface area contributed by atoms with E-state index in [9.17, 15) is 13.6 Å². The number of ether oxygens (including phenoxy) is 1. The van der Waals surface area contributed by atoms with Crippen molar-refractivity contribution >= 4 is 16.8 Å². The van der Waals surface area contributed by atoms with Gasteiger partial charge >= 0.3 is 0 Å². The Morgan fingerprint density at radius 2 is 1.97 bits per heavy atom. The summed E-state index contributed by atoms with van der Waals surface area (Å²) in [6.45, 7) is 4.67. The molecular formula is C26H31F2N3O2. The Hall–Kier alpha value is -2.77. The molecule has 2 aromatic carbocycles. The predicted molar refractivity (Wildman–Crippen MR) is 126 cm³/mol. The zero-order valence-corrected chi connectivity index (χ0v) is 19.2. The van der Waals surface area contributed by atoms with Crippen LogP contribution in [0.15, 0.2) is 42.6 Å². The van der Waals surface area contributed by atoms with Gasteiger partial charge in [-0.2, -0.15) is 0 Å². The second-order valence-corrected chi connectivity index (χ2v) is 8.73. The van der Waals surface area contributed by atoms with E-state index in [-0.39, 0.29) is 17.4 Å². The van der Waals surface area contributed by atoms with E-state index in [0.717, 1.165) is 22.0 Å². The standard InChI is InChI=1S/C26H31F2N3O2/c1-17-4-3-5-20-23(16-31(24(17)20)12-13-33-2)26(32)30-10-8-19(9-11-30)22-14-18(15-29)6-7-21(22)25(27)28/h3-7,14,16,19,25H,8-13,15,29H2,1-2H3. The molecule has 4 rings (SSSR count).